The first-order valence-electron chi connectivity index (χ1n) is 11.8. The van der Waals surface area contributed by atoms with Crippen LogP contribution < -0.4 is 4.74 Å². The van der Waals surface area contributed by atoms with Crippen LogP contribution in [0.25, 0.3) is 6.08 Å². The first-order chi connectivity index (χ1) is 18.9. The Hall–Kier alpha value is -4.55. The van der Waals surface area contributed by atoms with Crippen LogP contribution in [0.3, 0.4) is 0 Å². The van der Waals surface area contributed by atoms with E-state index < -0.39 is 17.2 Å². The highest BCUT2D eigenvalue weighted by molar-refractivity contribution is 7.10. The summed E-state index contributed by atoms with van der Waals surface area (Å²) in [6.07, 6.45) is 7.53. The molecule has 9 nitrogen and oxygen atoms in total. The summed E-state index contributed by atoms with van der Waals surface area (Å²) in [7, 11) is 0. The predicted molar refractivity (Wildman–Crippen MR) is 139 cm³/mol. The molecule has 0 bridgehead atoms. The summed E-state index contributed by atoms with van der Waals surface area (Å²) in [6.45, 7) is -0.287. The fourth-order valence-corrected chi connectivity index (χ4v) is 4.55. The van der Waals surface area contributed by atoms with E-state index >= 15 is 0 Å². The minimum Gasteiger partial charge on any atom is -0.487 e. The zero-order chi connectivity index (χ0) is 27.2. The Labute approximate surface area is 225 Å². The lowest BCUT2D eigenvalue weighted by molar-refractivity contribution is -0.00892. The molecule has 3 heterocycles. The number of aromatic nitrogens is 6. The molecule has 12 heteroatoms. The predicted octanol–water partition coefficient (Wildman–Crippen LogP) is 4.27. The Morgan fingerprint density at radius 2 is 1.92 bits per heavy atom. The van der Waals surface area contributed by atoms with E-state index in [1.165, 1.54) is 34.2 Å². The van der Waals surface area contributed by atoms with Crippen molar-refractivity contribution in [2.24, 2.45) is 0 Å². The zero-order valence-corrected chi connectivity index (χ0v) is 21.2. The number of allylic oxidation sites excluding steroid dienone is 1. The molecule has 2 aromatic carbocycles. The van der Waals surface area contributed by atoms with E-state index in [4.69, 9.17) is 4.74 Å². The summed E-state index contributed by atoms with van der Waals surface area (Å²) in [5, 5.41) is 25.5. The molecule has 0 spiro atoms. The highest BCUT2D eigenvalue weighted by Gasteiger charge is 2.34. The quantitative estimate of drug-likeness (QED) is 0.194. The van der Waals surface area contributed by atoms with Gasteiger partial charge in [-0.05, 0) is 53.9 Å². The number of aliphatic hydroxyl groups is 1. The van der Waals surface area contributed by atoms with Crippen molar-refractivity contribution in [2.45, 2.75) is 25.3 Å². The maximum atomic E-state index is 14.6. The van der Waals surface area contributed by atoms with Crippen LogP contribution in [0.1, 0.15) is 26.5 Å². The molecule has 39 heavy (non-hydrogen) atoms. The van der Waals surface area contributed by atoms with Crippen molar-refractivity contribution in [1.29, 1.82) is 0 Å². The van der Waals surface area contributed by atoms with Crippen LogP contribution in [0.5, 0.6) is 5.75 Å². The molecule has 0 saturated heterocycles. The second-order valence-electron chi connectivity index (χ2n) is 8.68. The average Bonchev–Trinajstić information content (AvgIpc) is 3.70. The first-order valence-corrected chi connectivity index (χ1v) is 12.6. The van der Waals surface area contributed by atoms with Crippen molar-refractivity contribution < 1.29 is 23.4 Å². The largest absolute Gasteiger partial charge is 0.487 e. The van der Waals surface area contributed by atoms with E-state index in [9.17, 15) is 18.7 Å². The molecule has 5 aromatic rings. The molecular formula is C27H22F2N6O3S. The number of thiophene rings is 1. The molecule has 0 fully saturated rings. The molecule has 1 atom stereocenters. The van der Waals surface area contributed by atoms with E-state index in [0.717, 1.165) is 10.9 Å². The van der Waals surface area contributed by atoms with Gasteiger partial charge < -0.3 is 9.84 Å². The van der Waals surface area contributed by atoms with Crippen molar-refractivity contribution in [1.82, 2.24) is 29.8 Å². The topological polar surface area (TPSA) is 108 Å². The Balaban J connectivity index is 1.24. The van der Waals surface area contributed by atoms with Gasteiger partial charge in [-0.15, -0.1) is 16.4 Å². The van der Waals surface area contributed by atoms with E-state index in [1.54, 1.807) is 47.9 Å². The molecule has 0 amide bonds. The summed E-state index contributed by atoms with van der Waals surface area (Å²) in [4.78, 5) is 17.2. The molecule has 5 rings (SSSR count). The lowest BCUT2D eigenvalue weighted by Crippen LogP contribution is -2.37. The van der Waals surface area contributed by atoms with E-state index in [-0.39, 0.29) is 31.0 Å². The van der Waals surface area contributed by atoms with Gasteiger partial charge in [0.2, 0.25) is 0 Å². The average molecular weight is 549 g/mol. The van der Waals surface area contributed by atoms with Crippen LogP contribution in [0.4, 0.5) is 8.78 Å². The highest BCUT2D eigenvalue weighted by Crippen LogP contribution is 2.28. The molecule has 0 aliphatic carbocycles. The van der Waals surface area contributed by atoms with Gasteiger partial charge >= 0.3 is 0 Å². The Kier molecular flexibility index (Phi) is 7.66. The molecular weight excluding hydrogens is 526 g/mol. The smallest absolute Gasteiger partial charge is 0.185 e. The van der Waals surface area contributed by atoms with Crippen molar-refractivity contribution in [3.8, 4) is 5.75 Å². The number of carbonyl (C=O) groups excluding carboxylic acids is 1. The Morgan fingerprint density at radius 1 is 1.10 bits per heavy atom. The first kappa shape index (κ1) is 26.1. The SMILES string of the molecule is O=C(/C=C/c1cccs1)c1ccc(OCc2cn(CC(O)(Cn3cncn3)c3ccc(F)cc3F)nn2)cc1. The van der Waals surface area contributed by atoms with Gasteiger partial charge in [-0.1, -0.05) is 17.3 Å². The molecule has 0 aliphatic heterocycles. The van der Waals surface area contributed by atoms with Crippen LogP contribution >= 0.6 is 11.3 Å². The van der Waals surface area contributed by atoms with Gasteiger partial charge in [0.25, 0.3) is 0 Å². The van der Waals surface area contributed by atoms with Crippen molar-refractivity contribution in [2.75, 3.05) is 0 Å². The molecule has 0 saturated carbocycles. The molecule has 0 aliphatic rings. The third-order valence-corrected chi connectivity index (χ3v) is 6.64. The minimum atomic E-state index is -1.84. The van der Waals surface area contributed by atoms with E-state index in [2.05, 4.69) is 20.4 Å². The van der Waals surface area contributed by atoms with Crippen LogP contribution in [-0.2, 0) is 25.3 Å². The van der Waals surface area contributed by atoms with Gasteiger partial charge in [0.05, 0.1) is 19.3 Å². The number of ether oxygens (including phenoxy) is 1. The van der Waals surface area contributed by atoms with Gasteiger partial charge in [0.15, 0.2) is 5.78 Å². The van der Waals surface area contributed by atoms with Crippen LogP contribution in [0.15, 0.2) is 84.9 Å². The fourth-order valence-electron chi connectivity index (χ4n) is 3.93. The molecule has 1 N–H and O–H groups in total. The number of hydrogen-bond acceptors (Lipinski definition) is 8. The number of carbonyl (C=O) groups is 1. The number of halogens is 2. The monoisotopic (exact) mass is 548 g/mol. The standard InChI is InChI=1S/C27H22F2N6O3S/c28-20-5-9-24(25(29)12-20)27(37,16-35-18-30-17-31-35)15-34-13-21(32-33-34)14-38-22-6-3-19(4-7-22)26(36)10-8-23-2-1-11-39-23/h1-13,17-18,37H,14-16H2/b10-8+. The fraction of sp³-hybridized carbons (Fsp3) is 0.148. The summed E-state index contributed by atoms with van der Waals surface area (Å²) in [5.41, 5.74) is -0.970. The van der Waals surface area contributed by atoms with Gasteiger partial charge in [-0.25, -0.2) is 23.1 Å². The third kappa shape index (κ3) is 6.48. The van der Waals surface area contributed by atoms with Gasteiger partial charge in [0, 0.05) is 22.1 Å². The maximum Gasteiger partial charge on any atom is 0.185 e. The highest BCUT2D eigenvalue weighted by atomic mass is 32.1. The molecule has 0 radical (unpaired) electrons. The van der Waals surface area contributed by atoms with Crippen LogP contribution in [-0.4, -0.2) is 40.6 Å². The van der Waals surface area contributed by atoms with Crippen LogP contribution in [0, 0.1) is 11.6 Å². The second kappa shape index (κ2) is 11.5. The Morgan fingerprint density at radius 3 is 2.64 bits per heavy atom. The lowest BCUT2D eigenvalue weighted by atomic mass is 9.93. The summed E-state index contributed by atoms with van der Waals surface area (Å²) >= 11 is 1.55. The Bertz CT molecular complexity index is 1570. The van der Waals surface area contributed by atoms with Crippen LogP contribution in [0.2, 0.25) is 0 Å². The van der Waals surface area contributed by atoms with Crippen molar-refractivity contribution in [3.05, 3.63) is 118 Å². The normalized spacial score (nSPS) is 13.0. The lowest BCUT2D eigenvalue weighted by Gasteiger charge is -2.28. The molecule has 198 valence electrons. The van der Waals surface area contributed by atoms with Gasteiger partial charge in [-0.3, -0.25) is 4.79 Å². The maximum absolute atomic E-state index is 14.6. The zero-order valence-electron chi connectivity index (χ0n) is 20.4. The summed E-state index contributed by atoms with van der Waals surface area (Å²) < 4.78 is 36.6. The summed E-state index contributed by atoms with van der Waals surface area (Å²) in [6, 6.07) is 13.5. The van der Waals surface area contributed by atoms with E-state index in [0.29, 0.717) is 23.1 Å². The van der Waals surface area contributed by atoms with Crippen molar-refractivity contribution in [3.63, 3.8) is 0 Å². The molecule has 1 unspecified atom stereocenters. The summed E-state index contributed by atoms with van der Waals surface area (Å²) in [5.74, 6) is -1.25. The second-order valence-corrected chi connectivity index (χ2v) is 9.66. The number of ketones is 1. The number of nitrogens with zero attached hydrogens (tertiary/aromatic N) is 6. The minimum absolute atomic E-state index is 0.0674. The van der Waals surface area contributed by atoms with Crippen molar-refractivity contribution >= 4 is 23.2 Å². The van der Waals surface area contributed by atoms with Gasteiger partial charge in [0.1, 0.15) is 47.9 Å². The van der Waals surface area contributed by atoms with Gasteiger partial charge in [-0.2, -0.15) is 5.10 Å². The number of rotatable bonds is 11. The van der Waals surface area contributed by atoms with E-state index in [1.807, 2.05) is 17.5 Å². The third-order valence-electron chi connectivity index (χ3n) is 5.80. The number of hydrogen-bond donors (Lipinski definition) is 1. The number of benzene rings is 2. The molecule has 3 aromatic heterocycles.